The molecule has 3 rings (SSSR count). The molecule has 0 aliphatic carbocycles. The van der Waals surface area contributed by atoms with Gasteiger partial charge in [-0.3, -0.25) is 4.79 Å². The highest BCUT2D eigenvalue weighted by Crippen LogP contribution is 2.26. The van der Waals surface area contributed by atoms with Crippen LogP contribution in [0.15, 0.2) is 18.3 Å². The summed E-state index contributed by atoms with van der Waals surface area (Å²) in [5, 5.41) is 5.43. The van der Waals surface area contributed by atoms with Gasteiger partial charge in [0.1, 0.15) is 6.23 Å². The standard InChI is InChI=1S/C14H16N2O2/c1-10-5-6-13-11(12(10)9-17)8-16(15-13)14-4-2-3-7-18-14/h5-6,8-9,14H,2-4,7H2,1H3. The van der Waals surface area contributed by atoms with E-state index in [0.29, 0.717) is 0 Å². The van der Waals surface area contributed by atoms with Crippen molar-refractivity contribution in [2.24, 2.45) is 0 Å². The van der Waals surface area contributed by atoms with Crippen LogP contribution in [0, 0.1) is 6.92 Å². The lowest BCUT2D eigenvalue weighted by Crippen LogP contribution is -2.18. The average Bonchev–Trinajstić information content (AvgIpc) is 2.84. The normalized spacial score (nSPS) is 20.2. The minimum atomic E-state index is 0.0194. The third-order valence-corrected chi connectivity index (χ3v) is 3.54. The molecule has 0 radical (unpaired) electrons. The first kappa shape index (κ1) is 11.4. The fourth-order valence-corrected chi connectivity index (χ4v) is 2.48. The van der Waals surface area contributed by atoms with Gasteiger partial charge in [-0.05, 0) is 37.8 Å². The van der Waals surface area contributed by atoms with Gasteiger partial charge in [0.05, 0.1) is 5.52 Å². The Morgan fingerprint density at radius 3 is 3.06 bits per heavy atom. The Hall–Kier alpha value is -1.68. The molecule has 4 heteroatoms. The Morgan fingerprint density at radius 2 is 2.33 bits per heavy atom. The van der Waals surface area contributed by atoms with Gasteiger partial charge in [-0.1, -0.05) is 6.07 Å². The Morgan fingerprint density at radius 1 is 1.44 bits per heavy atom. The molecule has 1 aliphatic heterocycles. The zero-order valence-electron chi connectivity index (χ0n) is 10.4. The van der Waals surface area contributed by atoms with Gasteiger partial charge in [0.2, 0.25) is 0 Å². The molecule has 18 heavy (non-hydrogen) atoms. The molecule has 0 bridgehead atoms. The van der Waals surface area contributed by atoms with Crippen LogP contribution in [0.2, 0.25) is 0 Å². The second kappa shape index (κ2) is 4.53. The molecule has 4 nitrogen and oxygen atoms in total. The molecule has 0 N–H and O–H groups in total. The first-order chi connectivity index (χ1) is 8.79. The number of rotatable bonds is 2. The minimum absolute atomic E-state index is 0.0194. The van der Waals surface area contributed by atoms with Gasteiger partial charge in [-0.2, -0.15) is 5.10 Å². The van der Waals surface area contributed by atoms with Gasteiger partial charge in [0.15, 0.2) is 6.29 Å². The number of hydrogen-bond acceptors (Lipinski definition) is 3. The van der Waals surface area contributed by atoms with Crippen LogP contribution in [-0.2, 0) is 4.74 Å². The van der Waals surface area contributed by atoms with Crippen LogP contribution >= 0.6 is 0 Å². The molecule has 1 aromatic carbocycles. The van der Waals surface area contributed by atoms with Crippen LogP contribution < -0.4 is 0 Å². The molecule has 1 unspecified atom stereocenters. The third-order valence-electron chi connectivity index (χ3n) is 3.54. The maximum absolute atomic E-state index is 11.2. The molecule has 1 aromatic heterocycles. The maximum Gasteiger partial charge on any atom is 0.151 e. The van der Waals surface area contributed by atoms with Crippen molar-refractivity contribution >= 4 is 17.2 Å². The second-order valence-electron chi connectivity index (χ2n) is 4.78. The molecule has 2 aromatic rings. The van der Waals surface area contributed by atoms with E-state index in [4.69, 9.17) is 4.74 Å². The number of carbonyl (C=O) groups excluding carboxylic acids is 1. The number of carbonyl (C=O) groups is 1. The SMILES string of the molecule is Cc1ccc2nn(C3CCCCO3)cc2c1C=O. The highest BCUT2D eigenvalue weighted by molar-refractivity contribution is 5.97. The molecule has 1 aliphatic rings. The summed E-state index contributed by atoms with van der Waals surface area (Å²) in [4.78, 5) is 11.2. The van der Waals surface area contributed by atoms with Gasteiger partial charge in [-0.25, -0.2) is 4.68 Å². The van der Waals surface area contributed by atoms with E-state index in [-0.39, 0.29) is 6.23 Å². The summed E-state index contributed by atoms with van der Waals surface area (Å²) in [5.74, 6) is 0. The fraction of sp³-hybridized carbons (Fsp3) is 0.429. The number of hydrogen-bond donors (Lipinski definition) is 0. The monoisotopic (exact) mass is 244 g/mol. The first-order valence-corrected chi connectivity index (χ1v) is 6.35. The smallest absolute Gasteiger partial charge is 0.151 e. The zero-order valence-corrected chi connectivity index (χ0v) is 10.4. The predicted octanol–water partition coefficient (Wildman–Crippen LogP) is 2.86. The van der Waals surface area contributed by atoms with Crippen LogP contribution in [0.5, 0.6) is 0 Å². The molecular formula is C14H16N2O2. The van der Waals surface area contributed by atoms with E-state index in [1.807, 2.05) is 29.9 Å². The van der Waals surface area contributed by atoms with E-state index < -0.39 is 0 Å². The van der Waals surface area contributed by atoms with Crippen molar-refractivity contribution in [3.63, 3.8) is 0 Å². The van der Waals surface area contributed by atoms with E-state index >= 15 is 0 Å². The lowest BCUT2D eigenvalue weighted by molar-refractivity contribution is -0.0390. The molecular weight excluding hydrogens is 228 g/mol. The number of nitrogens with zero attached hydrogens (tertiary/aromatic N) is 2. The summed E-state index contributed by atoms with van der Waals surface area (Å²) >= 11 is 0. The van der Waals surface area contributed by atoms with Crippen molar-refractivity contribution in [1.82, 2.24) is 9.78 Å². The van der Waals surface area contributed by atoms with Crippen molar-refractivity contribution in [3.8, 4) is 0 Å². The van der Waals surface area contributed by atoms with Gasteiger partial charge in [0.25, 0.3) is 0 Å². The summed E-state index contributed by atoms with van der Waals surface area (Å²) in [6.07, 6.45) is 6.14. The van der Waals surface area contributed by atoms with Gasteiger partial charge in [-0.15, -0.1) is 0 Å². The number of aldehydes is 1. The Labute approximate surface area is 106 Å². The van der Waals surface area contributed by atoms with E-state index in [1.165, 1.54) is 6.42 Å². The Bertz CT molecular complexity index is 583. The van der Waals surface area contributed by atoms with Crippen LogP contribution in [-0.4, -0.2) is 22.7 Å². The quantitative estimate of drug-likeness (QED) is 0.763. The molecule has 1 saturated heterocycles. The summed E-state index contributed by atoms with van der Waals surface area (Å²) < 4.78 is 7.57. The second-order valence-corrected chi connectivity index (χ2v) is 4.78. The van der Waals surface area contributed by atoms with E-state index in [9.17, 15) is 4.79 Å². The summed E-state index contributed by atoms with van der Waals surface area (Å²) in [7, 11) is 0. The molecule has 1 fully saturated rings. The van der Waals surface area contributed by atoms with Gasteiger partial charge in [0, 0.05) is 23.8 Å². The molecule has 94 valence electrons. The lowest BCUT2D eigenvalue weighted by Gasteiger charge is -2.22. The molecule has 0 amide bonds. The van der Waals surface area contributed by atoms with E-state index in [1.54, 1.807) is 0 Å². The van der Waals surface area contributed by atoms with Crippen molar-refractivity contribution in [2.45, 2.75) is 32.4 Å². The minimum Gasteiger partial charge on any atom is -0.357 e. The predicted molar refractivity (Wildman–Crippen MR) is 68.7 cm³/mol. The number of benzene rings is 1. The molecule has 2 heterocycles. The molecule has 0 spiro atoms. The lowest BCUT2D eigenvalue weighted by atomic mass is 10.1. The fourth-order valence-electron chi connectivity index (χ4n) is 2.48. The van der Waals surface area contributed by atoms with Crippen molar-refractivity contribution in [3.05, 3.63) is 29.5 Å². The summed E-state index contributed by atoms with van der Waals surface area (Å²) in [5.41, 5.74) is 2.58. The van der Waals surface area contributed by atoms with Gasteiger partial charge >= 0.3 is 0 Å². The zero-order chi connectivity index (χ0) is 12.5. The van der Waals surface area contributed by atoms with Crippen molar-refractivity contribution in [2.75, 3.05) is 6.61 Å². The third kappa shape index (κ3) is 1.82. The van der Waals surface area contributed by atoms with E-state index in [2.05, 4.69) is 5.10 Å². The van der Waals surface area contributed by atoms with E-state index in [0.717, 1.165) is 47.8 Å². The summed E-state index contributed by atoms with van der Waals surface area (Å²) in [6.45, 7) is 2.73. The highest BCUT2D eigenvalue weighted by atomic mass is 16.5. The number of ether oxygens (including phenoxy) is 1. The van der Waals surface area contributed by atoms with Crippen LogP contribution in [0.3, 0.4) is 0 Å². The Kier molecular flexibility index (Phi) is 2.88. The van der Waals surface area contributed by atoms with Gasteiger partial charge < -0.3 is 4.74 Å². The maximum atomic E-state index is 11.2. The summed E-state index contributed by atoms with van der Waals surface area (Å²) in [6, 6.07) is 3.89. The largest absolute Gasteiger partial charge is 0.357 e. The van der Waals surface area contributed by atoms with Crippen LogP contribution in [0.4, 0.5) is 0 Å². The topological polar surface area (TPSA) is 44.1 Å². The number of fused-ring (bicyclic) bond motifs is 1. The Balaban J connectivity index is 2.07. The highest BCUT2D eigenvalue weighted by Gasteiger charge is 2.18. The number of aryl methyl sites for hydroxylation is 1. The molecule has 1 atom stereocenters. The average molecular weight is 244 g/mol. The molecule has 0 saturated carbocycles. The first-order valence-electron chi connectivity index (χ1n) is 6.35. The van der Waals surface area contributed by atoms with Crippen LogP contribution in [0.1, 0.15) is 41.4 Å². The van der Waals surface area contributed by atoms with Crippen LogP contribution in [0.25, 0.3) is 10.9 Å². The van der Waals surface area contributed by atoms with Crippen molar-refractivity contribution in [1.29, 1.82) is 0 Å². The number of aromatic nitrogens is 2. The van der Waals surface area contributed by atoms with Crippen molar-refractivity contribution < 1.29 is 9.53 Å².